The van der Waals surface area contributed by atoms with Crippen molar-refractivity contribution in [2.24, 2.45) is 0 Å². The molecule has 21 heteroatoms. The van der Waals surface area contributed by atoms with Gasteiger partial charge in [-0.15, -0.1) is 34.0 Å². The molecule has 6 aromatic carbocycles. The molecule has 21 aromatic heterocycles. The van der Waals surface area contributed by atoms with Crippen LogP contribution in [-0.2, 0) is 0 Å². The molecule has 18 bridgehead atoms. The molecular formula is C42H24N12O6S3. The zero-order valence-electron chi connectivity index (χ0n) is 31.9. The molecule has 0 saturated carbocycles. The zero-order chi connectivity index (χ0) is 42.2. The van der Waals surface area contributed by atoms with E-state index in [0.29, 0.717) is 33.5 Å². The molecule has 0 saturated heterocycles. The van der Waals surface area contributed by atoms with Crippen molar-refractivity contribution in [2.75, 3.05) is 0 Å². The van der Waals surface area contributed by atoms with Crippen LogP contribution in [0.3, 0.4) is 0 Å². The number of aromatic nitrogens is 12. The number of hydrogen-bond donors (Lipinski definition) is 0. The van der Waals surface area contributed by atoms with Gasteiger partial charge in [0.15, 0.2) is 0 Å². The molecule has 18 nitrogen and oxygen atoms in total. The fourth-order valence-electron chi connectivity index (χ4n) is 5.37. The smallest absolute Gasteiger partial charge is 0.360 e. The molecule has 0 fully saturated rings. The van der Waals surface area contributed by atoms with E-state index in [1.807, 2.05) is 72.8 Å². The summed E-state index contributed by atoms with van der Waals surface area (Å²) in [5.74, 6) is -0.180. The van der Waals surface area contributed by atoms with Crippen LogP contribution in [0.25, 0.3) is 96.8 Å². The predicted octanol–water partition coefficient (Wildman–Crippen LogP) is 11.0. The van der Waals surface area contributed by atoms with Gasteiger partial charge in [0.05, 0.1) is 0 Å². The Balaban J connectivity index is 0.995. The van der Waals surface area contributed by atoms with Gasteiger partial charge in [0.2, 0.25) is 0 Å². The highest BCUT2D eigenvalue weighted by atomic mass is 32.1. The summed E-state index contributed by atoms with van der Waals surface area (Å²) in [7, 11) is 0. The summed E-state index contributed by atoms with van der Waals surface area (Å²) in [4.78, 5) is 0. The lowest BCUT2D eigenvalue weighted by atomic mass is 10.3. The third kappa shape index (κ3) is 10.3. The molecular weight excluding hydrogens is 865 g/mol. The Hall–Kier alpha value is -8.40. The van der Waals surface area contributed by atoms with Gasteiger partial charge in [-0.1, -0.05) is 61.2 Å². The molecule has 27 aromatic rings. The molecule has 0 radical (unpaired) electrons. The molecule has 0 spiro atoms. The fraction of sp³-hybridized carbons (Fsp3) is 0. The van der Waals surface area contributed by atoms with Gasteiger partial charge in [-0.05, 0) is 146 Å². The highest BCUT2D eigenvalue weighted by molar-refractivity contribution is 7.23. The van der Waals surface area contributed by atoms with Crippen LogP contribution in [0, 0.1) is 0 Å². The number of hydrogen-bond acceptors (Lipinski definition) is 21. The first-order valence-electron chi connectivity index (χ1n) is 18.5. The van der Waals surface area contributed by atoms with Crippen LogP contribution in [0.5, 0.6) is 0 Å². The summed E-state index contributed by atoms with van der Waals surface area (Å²) < 4.78 is 40.4. The van der Waals surface area contributed by atoms with E-state index in [0.717, 1.165) is 28.2 Å². The SMILES string of the molecule is c1cc2ccc1oc1nnc(nn1)oc1ccc(cc1)sc1ccc(cc1)oc1nnc(nn1)oc1ccc(cc1)sc1ccc(cc1)oc1nnc(nn1)oc1ccc(cc1)s2. The normalized spacial score (nSPS) is 10.9. The van der Waals surface area contributed by atoms with E-state index in [9.17, 15) is 0 Å². The minimum Gasteiger partial charge on any atom is -0.422 e. The third-order valence-electron chi connectivity index (χ3n) is 8.23. The van der Waals surface area contributed by atoms with Crippen molar-refractivity contribution >= 4 is 131 Å². The minimum absolute atomic E-state index is 0.0301. The van der Waals surface area contributed by atoms with Crippen LogP contribution in [0.15, 0.2) is 172 Å². The van der Waals surface area contributed by atoms with Gasteiger partial charge in [-0.3, -0.25) is 0 Å². The highest BCUT2D eigenvalue weighted by Gasteiger charge is 1.99. The van der Waals surface area contributed by atoms with Crippen molar-refractivity contribution in [1.29, 1.82) is 0 Å². The number of rotatable bonds is 0. The van der Waals surface area contributed by atoms with E-state index >= 15 is 0 Å². The second kappa shape index (κ2) is 18.1. The summed E-state index contributed by atoms with van der Waals surface area (Å²) >= 11 is 4.66. The first-order valence-corrected chi connectivity index (χ1v) is 20.9. The summed E-state index contributed by atoms with van der Waals surface area (Å²) in [5, 5.41) is 48.0. The van der Waals surface area contributed by atoms with Gasteiger partial charge in [-0.25, -0.2) is 0 Å². The van der Waals surface area contributed by atoms with Crippen LogP contribution in [0.1, 0.15) is 0 Å². The summed E-state index contributed by atoms with van der Waals surface area (Å²) in [6.07, 6.45) is 0. The molecule has 0 aliphatic heterocycles. The van der Waals surface area contributed by atoms with E-state index in [-0.39, 0.29) is 35.1 Å². The van der Waals surface area contributed by atoms with Gasteiger partial charge >= 0.3 is 35.1 Å². The number of nitrogens with zero attached hydrogens (tertiary/aromatic N) is 12. The summed E-state index contributed by atoms with van der Waals surface area (Å²) in [5.41, 5.74) is 3.07. The first-order chi connectivity index (χ1) is 31.0. The van der Waals surface area contributed by atoms with Gasteiger partial charge in [0.25, 0.3) is 0 Å². The van der Waals surface area contributed by atoms with Gasteiger partial charge in [0.1, 0.15) is 33.5 Å². The van der Waals surface area contributed by atoms with Gasteiger partial charge < -0.3 is 26.5 Å². The highest BCUT2D eigenvalue weighted by Crippen LogP contribution is 2.20. The Labute approximate surface area is 362 Å². The Bertz CT molecular complexity index is 2650. The first kappa shape index (κ1) is 38.8. The monoisotopic (exact) mass is 888 g/mol. The maximum Gasteiger partial charge on any atom is 0.360 e. The Kier molecular flexibility index (Phi) is 11.1. The zero-order valence-corrected chi connectivity index (χ0v) is 34.3. The van der Waals surface area contributed by atoms with E-state index < -0.39 is 0 Å². The van der Waals surface area contributed by atoms with Gasteiger partial charge in [-0.2, -0.15) is 0 Å². The van der Waals surface area contributed by atoms with Crippen molar-refractivity contribution in [2.45, 2.75) is 0 Å². The predicted molar refractivity (Wildman–Crippen MR) is 237 cm³/mol. The largest absolute Gasteiger partial charge is 0.422 e. The lowest BCUT2D eigenvalue weighted by molar-refractivity contribution is 0.566. The topological polar surface area (TPSA) is 234 Å². The summed E-state index contributed by atoms with van der Waals surface area (Å²) in [6.45, 7) is 0. The number of benzene rings is 6. The Morgan fingerprint density at radius 1 is 0.190 bits per heavy atom. The molecule has 63 heavy (non-hydrogen) atoms. The van der Waals surface area contributed by atoms with Crippen LogP contribution in [0.4, 0.5) is 0 Å². The third-order valence-corrected chi connectivity index (χ3v) is 11.3. The van der Waals surface area contributed by atoms with Gasteiger partial charge in [0, 0.05) is 28.2 Å². The molecule has 0 unspecified atom stereocenters. The van der Waals surface area contributed by atoms with Crippen LogP contribution < -0.4 is 0 Å². The molecule has 0 aliphatic rings. The van der Waals surface area contributed by atoms with Crippen LogP contribution >= 0.6 is 34.0 Å². The molecule has 306 valence electrons. The lowest BCUT2D eigenvalue weighted by Gasteiger charge is -1.92. The van der Waals surface area contributed by atoms with Crippen molar-refractivity contribution in [3.8, 4) is 0 Å². The molecule has 0 N–H and O–H groups in total. The molecule has 21 heterocycles. The van der Waals surface area contributed by atoms with E-state index in [4.69, 9.17) is 26.5 Å². The van der Waals surface area contributed by atoms with E-state index in [1.54, 1.807) is 107 Å². The van der Waals surface area contributed by atoms with E-state index in [1.165, 1.54) is 0 Å². The second-order valence-electron chi connectivity index (χ2n) is 12.6. The summed E-state index contributed by atoms with van der Waals surface area (Å²) in [6, 6.07) is 44.6. The lowest BCUT2D eigenvalue weighted by Crippen LogP contribution is -1.90. The molecule has 27 rings (SSSR count). The maximum atomic E-state index is 5.75. The quantitative estimate of drug-likeness (QED) is 0.138. The molecule has 0 aliphatic carbocycles. The van der Waals surface area contributed by atoms with E-state index in [2.05, 4.69) is 61.2 Å². The molecule has 0 atom stereocenters. The molecule has 0 amide bonds. The van der Waals surface area contributed by atoms with Crippen LogP contribution in [0.2, 0.25) is 0 Å². The van der Waals surface area contributed by atoms with Crippen molar-refractivity contribution < 1.29 is 26.5 Å². The fourth-order valence-corrected chi connectivity index (χ4v) is 7.82. The second-order valence-corrected chi connectivity index (χ2v) is 16.1. The average molecular weight is 889 g/mol. The van der Waals surface area contributed by atoms with Crippen molar-refractivity contribution in [3.63, 3.8) is 0 Å². The standard InChI is InChI=1S/C42H24N12O6S3/c1-13-31-14-2-25(1)55-37-43-45-38(46-44-37)56-27-5-17-33(18-6-27)62-34-19-7-29(8-20-34)59-41-51-53-42(54-52-41)60-30-11-23-36(24-12-30)63-35-21-9-28(10-22-35)58-40-49-47-39(48-50-40)57-26-3-15-32(61-31)16-4-26/h1-24H. The Morgan fingerprint density at radius 3 is 0.444 bits per heavy atom. The average Bonchev–Trinajstić information content (AvgIpc) is 3.32. The minimum atomic E-state index is -0.0301. The van der Waals surface area contributed by atoms with Crippen molar-refractivity contribution in [1.82, 2.24) is 61.2 Å². The Morgan fingerprint density at radius 2 is 0.317 bits per heavy atom. The van der Waals surface area contributed by atoms with Crippen LogP contribution in [-0.4, -0.2) is 61.2 Å². The van der Waals surface area contributed by atoms with Crippen molar-refractivity contribution in [3.05, 3.63) is 146 Å². The maximum absolute atomic E-state index is 5.75.